The van der Waals surface area contributed by atoms with Crippen molar-refractivity contribution in [1.29, 1.82) is 0 Å². The quantitative estimate of drug-likeness (QED) is 0.753. The van der Waals surface area contributed by atoms with Crippen molar-refractivity contribution in [2.24, 2.45) is 10.6 Å². The minimum Gasteiger partial charge on any atom is -0.399 e. The number of benzene rings is 1. The van der Waals surface area contributed by atoms with Gasteiger partial charge in [0.05, 0.1) is 17.1 Å². The van der Waals surface area contributed by atoms with Crippen molar-refractivity contribution < 1.29 is 4.84 Å². The molecule has 2 aromatic rings. The number of halogens is 1. The van der Waals surface area contributed by atoms with Crippen molar-refractivity contribution >= 4 is 21.6 Å². The molecule has 1 aromatic carbocycles. The Kier molecular flexibility index (Phi) is 4.00. The lowest BCUT2D eigenvalue weighted by atomic mass is 9.75. The second-order valence-corrected chi connectivity index (χ2v) is 7.25. The molecular weight excluding hydrogens is 342 g/mol. The van der Waals surface area contributed by atoms with Crippen LogP contribution in [-0.4, -0.2) is 23.0 Å². The van der Waals surface area contributed by atoms with Gasteiger partial charge in [-0.15, -0.1) is 0 Å². The maximum atomic E-state index is 5.03. The van der Waals surface area contributed by atoms with E-state index in [2.05, 4.69) is 51.2 Å². The van der Waals surface area contributed by atoms with Gasteiger partial charge in [0.2, 0.25) is 0 Å². The van der Waals surface area contributed by atoms with E-state index in [4.69, 9.17) is 4.84 Å². The first kappa shape index (κ1) is 15.2. The summed E-state index contributed by atoms with van der Waals surface area (Å²) in [5.74, 6) is 0. The molecule has 3 rings (SSSR count). The monoisotopic (exact) mass is 359 g/mol. The number of rotatable bonds is 2. The Hall–Kier alpha value is -1.75. The molecule has 0 amide bonds. The highest BCUT2D eigenvalue weighted by atomic mass is 79.9. The fourth-order valence-corrected chi connectivity index (χ4v) is 3.08. The van der Waals surface area contributed by atoms with Gasteiger partial charge >= 0.3 is 0 Å². The largest absolute Gasteiger partial charge is 0.399 e. The number of hydrogen-bond acceptors (Lipinski definition) is 4. The number of fused-ring (bicyclic) bond motifs is 1. The number of hydrogen-bond donors (Lipinski definition) is 0. The van der Waals surface area contributed by atoms with Crippen molar-refractivity contribution in [3.05, 3.63) is 46.1 Å². The van der Waals surface area contributed by atoms with E-state index in [0.717, 1.165) is 45.5 Å². The molecule has 1 heterocycles. The molecule has 0 saturated heterocycles. The molecule has 1 aliphatic carbocycles. The van der Waals surface area contributed by atoms with E-state index >= 15 is 0 Å². The van der Waals surface area contributed by atoms with Crippen LogP contribution in [0.5, 0.6) is 0 Å². The van der Waals surface area contributed by atoms with Crippen LogP contribution in [0.25, 0.3) is 11.3 Å². The summed E-state index contributed by atoms with van der Waals surface area (Å²) >= 11 is 3.45. The van der Waals surface area contributed by atoms with Gasteiger partial charge in [0.25, 0.3) is 0 Å². The Morgan fingerprint density at radius 1 is 1.14 bits per heavy atom. The summed E-state index contributed by atoms with van der Waals surface area (Å²) < 4.78 is 1.05. The molecular formula is C17H18BrN3O. The number of aromatic nitrogens is 2. The lowest BCUT2D eigenvalue weighted by Crippen LogP contribution is -2.29. The normalized spacial score (nSPS) is 18.1. The van der Waals surface area contributed by atoms with Crippen LogP contribution in [0.15, 0.2) is 40.0 Å². The minimum absolute atomic E-state index is 0.123. The number of oxime groups is 1. The summed E-state index contributed by atoms with van der Waals surface area (Å²) in [4.78, 5) is 5.03. The van der Waals surface area contributed by atoms with Crippen LogP contribution in [0.4, 0.5) is 0 Å². The SMILES string of the molecule is CO/N=C1\CC(C)(C)Cc2nnc(-c3ccc(Br)cc3)cc21. The van der Waals surface area contributed by atoms with Crippen LogP contribution >= 0.6 is 15.9 Å². The highest BCUT2D eigenvalue weighted by molar-refractivity contribution is 9.10. The second-order valence-electron chi connectivity index (χ2n) is 6.34. The fraction of sp³-hybridized carbons (Fsp3) is 0.353. The third-order valence-corrected chi connectivity index (χ3v) is 4.34. The average molecular weight is 360 g/mol. The predicted octanol–water partition coefficient (Wildman–Crippen LogP) is 4.23. The van der Waals surface area contributed by atoms with E-state index in [-0.39, 0.29) is 5.41 Å². The molecule has 22 heavy (non-hydrogen) atoms. The highest BCUT2D eigenvalue weighted by Gasteiger charge is 2.31. The van der Waals surface area contributed by atoms with Gasteiger partial charge in [-0.25, -0.2) is 0 Å². The van der Waals surface area contributed by atoms with E-state index in [1.165, 1.54) is 0 Å². The summed E-state index contributed by atoms with van der Waals surface area (Å²) in [6, 6.07) is 10.1. The van der Waals surface area contributed by atoms with Crippen molar-refractivity contribution in [2.45, 2.75) is 26.7 Å². The van der Waals surface area contributed by atoms with Crippen molar-refractivity contribution in [3.8, 4) is 11.3 Å². The molecule has 5 heteroatoms. The first-order valence-electron chi connectivity index (χ1n) is 7.21. The average Bonchev–Trinajstić information content (AvgIpc) is 2.47. The van der Waals surface area contributed by atoms with E-state index in [1.807, 2.05) is 24.3 Å². The summed E-state index contributed by atoms with van der Waals surface area (Å²) in [5.41, 5.74) is 5.01. The lowest BCUT2D eigenvalue weighted by molar-refractivity contribution is 0.210. The molecule has 0 aliphatic heterocycles. The molecule has 0 N–H and O–H groups in total. The Morgan fingerprint density at radius 3 is 2.55 bits per heavy atom. The second kappa shape index (κ2) is 5.80. The van der Waals surface area contributed by atoms with E-state index in [9.17, 15) is 0 Å². The van der Waals surface area contributed by atoms with Crippen LogP contribution in [0.3, 0.4) is 0 Å². The van der Waals surface area contributed by atoms with Gasteiger partial charge in [-0.3, -0.25) is 0 Å². The minimum atomic E-state index is 0.123. The molecule has 0 saturated carbocycles. The van der Waals surface area contributed by atoms with E-state index in [1.54, 1.807) is 7.11 Å². The summed E-state index contributed by atoms with van der Waals surface area (Å²) in [6.45, 7) is 4.43. The first-order valence-corrected chi connectivity index (χ1v) is 8.01. The lowest BCUT2D eigenvalue weighted by Gasteiger charge is -2.30. The molecule has 0 radical (unpaired) electrons. The molecule has 1 aliphatic rings. The Bertz CT molecular complexity index is 723. The van der Waals surface area contributed by atoms with Crippen molar-refractivity contribution in [1.82, 2.24) is 10.2 Å². The van der Waals surface area contributed by atoms with Gasteiger partial charge in [-0.2, -0.15) is 10.2 Å². The van der Waals surface area contributed by atoms with Gasteiger partial charge in [0, 0.05) is 15.6 Å². The molecule has 0 fully saturated rings. The van der Waals surface area contributed by atoms with Gasteiger partial charge in [0.1, 0.15) is 7.11 Å². The maximum absolute atomic E-state index is 5.03. The molecule has 0 bridgehead atoms. The van der Waals surface area contributed by atoms with Gasteiger partial charge in [-0.05, 0) is 36.5 Å². The van der Waals surface area contributed by atoms with Gasteiger partial charge in [0.15, 0.2) is 0 Å². The van der Waals surface area contributed by atoms with Crippen LogP contribution in [0.2, 0.25) is 0 Å². The third-order valence-electron chi connectivity index (χ3n) is 3.81. The highest BCUT2D eigenvalue weighted by Crippen LogP contribution is 2.35. The zero-order chi connectivity index (χ0) is 15.7. The Balaban J connectivity index is 2.07. The molecule has 114 valence electrons. The smallest absolute Gasteiger partial charge is 0.106 e. The zero-order valence-corrected chi connectivity index (χ0v) is 14.5. The fourth-order valence-electron chi connectivity index (χ4n) is 2.82. The van der Waals surface area contributed by atoms with Crippen molar-refractivity contribution in [2.75, 3.05) is 7.11 Å². The van der Waals surface area contributed by atoms with Crippen LogP contribution < -0.4 is 0 Å². The van der Waals surface area contributed by atoms with Crippen LogP contribution in [-0.2, 0) is 11.3 Å². The summed E-state index contributed by atoms with van der Waals surface area (Å²) in [5, 5.41) is 13.0. The van der Waals surface area contributed by atoms with Crippen LogP contribution in [0, 0.1) is 5.41 Å². The molecule has 1 aromatic heterocycles. The topological polar surface area (TPSA) is 47.4 Å². The zero-order valence-electron chi connectivity index (χ0n) is 12.9. The molecule has 0 spiro atoms. The molecule has 0 atom stereocenters. The van der Waals surface area contributed by atoms with Gasteiger partial charge in [-0.1, -0.05) is 47.1 Å². The van der Waals surface area contributed by atoms with E-state index in [0.29, 0.717) is 0 Å². The van der Waals surface area contributed by atoms with Crippen LogP contribution in [0.1, 0.15) is 31.5 Å². The third kappa shape index (κ3) is 3.04. The van der Waals surface area contributed by atoms with E-state index < -0.39 is 0 Å². The van der Waals surface area contributed by atoms with Crippen molar-refractivity contribution in [3.63, 3.8) is 0 Å². The predicted molar refractivity (Wildman–Crippen MR) is 90.8 cm³/mol. The summed E-state index contributed by atoms with van der Waals surface area (Å²) in [7, 11) is 1.58. The Labute approximate surface area is 138 Å². The number of nitrogens with zero attached hydrogens (tertiary/aromatic N) is 3. The Morgan fingerprint density at radius 2 is 1.86 bits per heavy atom. The first-order chi connectivity index (χ1) is 10.5. The maximum Gasteiger partial charge on any atom is 0.106 e. The van der Waals surface area contributed by atoms with Gasteiger partial charge < -0.3 is 4.84 Å². The molecule has 4 nitrogen and oxygen atoms in total. The standard InChI is InChI=1S/C17H18BrN3O/c1-17(2)9-15-13(16(10-17)21-22-3)8-14(19-20-15)11-4-6-12(18)7-5-11/h4-8H,9-10H2,1-3H3/b21-16+. The summed E-state index contributed by atoms with van der Waals surface area (Å²) in [6.07, 6.45) is 1.78. The molecule has 0 unspecified atom stereocenters.